The van der Waals surface area contributed by atoms with Crippen molar-refractivity contribution >= 4 is 0 Å². The third-order valence-electron chi connectivity index (χ3n) is 3.83. The summed E-state index contributed by atoms with van der Waals surface area (Å²) >= 11 is 0. The van der Waals surface area contributed by atoms with Gasteiger partial charge >= 0.3 is 0 Å². The molecular weight excluding hydrogens is 212 g/mol. The van der Waals surface area contributed by atoms with Gasteiger partial charge in [-0.3, -0.25) is 0 Å². The Bertz CT molecular complexity index is 185. The second-order valence-corrected chi connectivity index (χ2v) is 5.61. The molecule has 0 bridgehead atoms. The molecule has 3 heteroatoms. The summed E-state index contributed by atoms with van der Waals surface area (Å²) in [5.74, 6) is 0. The van der Waals surface area contributed by atoms with Crippen LogP contribution in [0, 0.1) is 5.41 Å². The Morgan fingerprint density at radius 1 is 1.41 bits per heavy atom. The first kappa shape index (κ1) is 14.9. The average molecular weight is 242 g/mol. The zero-order valence-corrected chi connectivity index (χ0v) is 11.9. The minimum absolute atomic E-state index is 0.523. The molecule has 0 aromatic heterocycles. The Hall–Kier alpha value is -0.120. The van der Waals surface area contributed by atoms with Gasteiger partial charge in [-0.05, 0) is 44.7 Å². The van der Waals surface area contributed by atoms with Crippen molar-refractivity contribution in [2.24, 2.45) is 5.41 Å². The van der Waals surface area contributed by atoms with Crippen LogP contribution in [-0.2, 0) is 4.74 Å². The van der Waals surface area contributed by atoms with Crippen molar-refractivity contribution in [2.75, 3.05) is 46.9 Å². The van der Waals surface area contributed by atoms with E-state index in [9.17, 15) is 0 Å². The van der Waals surface area contributed by atoms with Crippen LogP contribution in [-0.4, -0.2) is 51.8 Å². The minimum Gasteiger partial charge on any atom is -0.385 e. The van der Waals surface area contributed by atoms with E-state index in [-0.39, 0.29) is 0 Å². The van der Waals surface area contributed by atoms with Gasteiger partial charge in [0, 0.05) is 33.4 Å². The Balaban J connectivity index is 2.36. The summed E-state index contributed by atoms with van der Waals surface area (Å²) in [6.45, 7) is 7.98. The molecule has 1 rings (SSSR count). The Morgan fingerprint density at radius 3 is 2.82 bits per heavy atom. The summed E-state index contributed by atoms with van der Waals surface area (Å²) in [7, 11) is 4.03. The van der Waals surface area contributed by atoms with Crippen molar-refractivity contribution < 1.29 is 4.74 Å². The summed E-state index contributed by atoms with van der Waals surface area (Å²) < 4.78 is 5.12. The lowest BCUT2D eigenvalue weighted by atomic mass is 9.76. The third kappa shape index (κ3) is 5.36. The van der Waals surface area contributed by atoms with Crippen LogP contribution in [0.15, 0.2) is 0 Å². The van der Waals surface area contributed by atoms with Crippen LogP contribution in [0.25, 0.3) is 0 Å². The maximum atomic E-state index is 5.12. The molecule has 1 aliphatic heterocycles. The van der Waals surface area contributed by atoms with Crippen LogP contribution >= 0.6 is 0 Å². The number of ether oxygens (including phenoxy) is 1. The fourth-order valence-electron chi connectivity index (χ4n) is 3.12. The molecule has 1 saturated heterocycles. The van der Waals surface area contributed by atoms with Gasteiger partial charge < -0.3 is 15.0 Å². The largest absolute Gasteiger partial charge is 0.385 e. The number of nitrogens with zero attached hydrogens (tertiary/aromatic N) is 1. The third-order valence-corrected chi connectivity index (χ3v) is 3.83. The predicted octanol–water partition coefficient (Wildman–Crippen LogP) is 2.12. The van der Waals surface area contributed by atoms with Gasteiger partial charge in [0.05, 0.1) is 0 Å². The molecule has 0 saturated carbocycles. The first-order valence-corrected chi connectivity index (χ1v) is 7.11. The van der Waals surface area contributed by atoms with E-state index < -0.39 is 0 Å². The molecule has 1 fully saturated rings. The second kappa shape index (κ2) is 8.06. The number of hydrogen-bond donors (Lipinski definition) is 1. The van der Waals surface area contributed by atoms with Gasteiger partial charge in [0.2, 0.25) is 0 Å². The molecule has 17 heavy (non-hydrogen) atoms. The van der Waals surface area contributed by atoms with Crippen molar-refractivity contribution in [3.63, 3.8) is 0 Å². The van der Waals surface area contributed by atoms with Gasteiger partial charge in [0.1, 0.15) is 0 Å². The average Bonchev–Trinajstić information content (AvgIpc) is 2.30. The van der Waals surface area contributed by atoms with Crippen molar-refractivity contribution in [1.29, 1.82) is 0 Å². The van der Waals surface area contributed by atoms with E-state index in [4.69, 9.17) is 4.74 Å². The van der Waals surface area contributed by atoms with Crippen LogP contribution in [0.2, 0.25) is 0 Å². The molecule has 1 N–H and O–H groups in total. The highest BCUT2D eigenvalue weighted by Gasteiger charge is 2.31. The molecule has 1 heterocycles. The molecule has 1 atom stereocenters. The van der Waals surface area contributed by atoms with E-state index in [1.165, 1.54) is 45.3 Å². The van der Waals surface area contributed by atoms with E-state index in [0.717, 1.165) is 19.6 Å². The highest BCUT2D eigenvalue weighted by Crippen LogP contribution is 2.32. The van der Waals surface area contributed by atoms with Crippen LogP contribution in [0.1, 0.15) is 39.0 Å². The minimum atomic E-state index is 0.523. The van der Waals surface area contributed by atoms with Crippen molar-refractivity contribution in [3.05, 3.63) is 0 Å². The monoisotopic (exact) mass is 242 g/mol. The second-order valence-electron chi connectivity index (χ2n) is 5.61. The number of hydrogen-bond acceptors (Lipinski definition) is 3. The zero-order chi connectivity index (χ0) is 12.6. The predicted molar refractivity (Wildman–Crippen MR) is 73.4 cm³/mol. The molecule has 3 nitrogen and oxygen atoms in total. The Kier molecular flexibility index (Phi) is 7.09. The quantitative estimate of drug-likeness (QED) is 0.660. The van der Waals surface area contributed by atoms with E-state index in [2.05, 4.69) is 24.2 Å². The van der Waals surface area contributed by atoms with Crippen molar-refractivity contribution in [1.82, 2.24) is 10.2 Å². The fraction of sp³-hybridized carbons (Fsp3) is 1.00. The number of methoxy groups -OCH3 is 1. The molecule has 0 aromatic rings. The van der Waals surface area contributed by atoms with Gasteiger partial charge in [-0.2, -0.15) is 0 Å². The molecule has 0 radical (unpaired) electrons. The maximum Gasteiger partial charge on any atom is 0.0474 e. The highest BCUT2D eigenvalue weighted by atomic mass is 16.5. The van der Waals surface area contributed by atoms with Crippen molar-refractivity contribution in [3.8, 4) is 0 Å². The molecule has 0 aromatic carbocycles. The summed E-state index contributed by atoms with van der Waals surface area (Å²) in [5.41, 5.74) is 0.523. The normalized spacial score (nSPS) is 25.4. The van der Waals surface area contributed by atoms with Gasteiger partial charge in [0.25, 0.3) is 0 Å². The molecule has 0 aliphatic carbocycles. The maximum absolute atomic E-state index is 5.12. The SMILES string of the molecule is CCCC1(CN(C)CCCOC)CCCNC1. The molecule has 0 amide bonds. The first-order chi connectivity index (χ1) is 8.22. The smallest absolute Gasteiger partial charge is 0.0474 e. The zero-order valence-electron chi connectivity index (χ0n) is 11.9. The van der Waals surface area contributed by atoms with E-state index in [1.54, 1.807) is 7.11 Å². The lowest BCUT2D eigenvalue weighted by Crippen LogP contribution is -2.47. The van der Waals surface area contributed by atoms with E-state index in [0.29, 0.717) is 5.41 Å². The Morgan fingerprint density at radius 2 is 2.24 bits per heavy atom. The fourth-order valence-corrected chi connectivity index (χ4v) is 3.12. The van der Waals surface area contributed by atoms with Gasteiger partial charge in [0.15, 0.2) is 0 Å². The van der Waals surface area contributed by atoms with Crippen LogP contribution in [0.4, 0.5) is 0 Å². The summed E-state index contributed by atoms with van der Waals surface area (Å²) in [4.78, 5) is 2.49. The van der Waals surface area contributed by atoms with Crippen LogP contribution in [0.5, 0.6) is 0 Å². The Labute approximate surface area is 107 Å². The van der Waals surface area contributed by atoms with Gasteiger partial charge in [-0.25, -0.2) is 0 Å². The van der Waals surface area contributed by atoms with Gasteiger partial charge in [-0.15, -0.1) is 0 Å². The molecule has 0 spiro atoms. The van der Waals surface area contributed by atoms with Crippen molar-refractivity contribution in [2.45, 2.75) is 39.0 Å². The highest BCUT2D eigenvalue weighted by molar-refractivity contribution is 4.87. The molecule has 1 unspecified atom stereocenters. The van der Waals surface area contributed by atoms with Crippen LogP contribution in [0.3, 0.4) is 0 Å². The number of rotatable bonds is 8. The lowest BCUT2D eigenvalue weighted by molar-refractivity contribution is 0.112. The number of nitrogens with one attached hydrogen (secondary N) is 1. The molecule has 102 valence electrons. The van der Waals surface area contributed by atoms with E-state index in [1.807, 2.05) is 0 Å². The molecule has 1 aliphatic rings. The summed E-state index contributed by atoms with van der Waals surface area (Å²) in [6.07, 6.45) is 6.53. The van der Waals surface area contributed by atoms with Gasteiger partial charge in [-0.1, -0.05) is 13.3 Å². The molecular formula is C14H30N2O. The lowest BCUT2D eigenvalue weighted by Gasteiger charge is -2.40. The number of piperidine rings is 1. The first-order valence-electron chi connectivity index (χ1n) is 7.11. The standard InChI is InChI=1S/C14H30N2O/c1-4-7-14(8-5-9-15-12-14)13-16(2)10-6-11-17-3/h15H,4-13H2,1-3H3. The summed E-state index contributed by atoms with van der Waals surface area (Å²) in [5, 5.41) is 3.58. The van der Waals surface area contributed by atoms with E-state index >= 15 is 0 Å². The topological polar surface area (TPSA) is 24.5 Å². The van der Waals surface area contributed by atoms with Crippen LogP contribution < -0.4 is 5.32 Å². The summed E-state index contributed by atoms with van der Waals surface area (Å²) in [6, 6.07) is 0.